The lowest BCUT2D eigenvalue weighted by Gasteiger charge is -2.26. The van der Waals surface area contributed by atoms with Crippen LogP contribution >= 0.6 is 15.9 Å². The monoisotopic (exact) mass is 328 g/mol. The molecule has 1 unspecified atom stereocenters. The molecule has 0 aliphatic rings. The van der Waals surface area contributed by atoms with Crippen molar-refractivity contribution in [1.29, 1.82) is 0 Å². The van der Waals surface area contributed by atoms with E-state index < -0.39 is 0 Å². The first-order chi connectivity index (χ1) is 8.93. The van der Waals surface area contributed by atoms with Gasteiger partial charge in [-0.15, -0.1) is 0 Å². The minimum absolute atomic E-state index is 0.471. The van der Waals surface area contributed by atoms with Crippen molar-refractivity contribution in [3.63, 3.8) is 0 Å². The number of rotatable bonds is 7. The number of nitrogens with zero attached hydrogens (tertiary/aromatic N) is 1. The Bertz CT molecular complexity index is 394. The highest BCUT2D eigenvalue weighted by molar-refractivity contribution is 9.10. The summed E-state index contributed by atoms with van der Waals surface area (Å²) in [5.41, 5.74) is 1.18. The second kappa shape index (κ2) is 7.88. The van der Waals surface area contributed by atoms with Crippen LogP contribution in [0.25, 0.3) is 0 Å². The zero-order chi connectivity index (χ0) is 14.4. The fourth-order valence-electron chi connectivity index (χ4n) is 2.03. The molecule has 0 radical (unpaired) electrons. The fourth-order valence-corrected chi connectivity index (χ4v) is 2.44. The molecule has 1 aromatic carbocycles. The highest BCUT2D eigenvalue weighted by atomic mass is 79.9. The molecule has 0 saturated heterocycles. The number of benzene rings is 1. The predicted molar refractivity (Wildman–Crippen MR) is 84.7 cm³/mol. The van der Waals surface area contributed by atoms with Crippen molar-refractivity contribution in [3.05, 3.63) is 28.2 Å². The minimum atomic E-state index is 0.471. The van der Waals surface area contributed by atoms with Crippen LogP contribution in [-0.4, -0.2) is 38.7 Å². The van der Waals surface area contributed by atoms with Crippen molar-refractivity contribution >= 4 is 15.9 Å². The van der Waals surface area contributed by atoms with E-state index in [-0.39, 0.29) is 0 Å². The quantitative estimate of drug-likeness (QED) is 0.832. The molecule has 19 heavy (non-hydrogen) atoms. The molecule has 1 N–H and O–H groups in total. The van der Waals surface area contributed by atoms with Crippen LogP contribution in [0.2, 0.25) is 0 Å². The predicted octanol–water partition coefficient (Wildman–Crippen LogP) is 3.13. The molecule has 0 spiro atoms. The Morgan fingerprint density at radius 1 is 1.32 bits per heavy atom. The van der Waals surface area contributed by atoms with E-state index in [1.807, 2.05) is 12.1 Å². The summed E-state index contributed by atoms with van der Waals surface area (Å²) in [6.07, 6.45) is 0. The van der Waals surface area contributed by atoms with Crippen LogP contribution in [0.3, 0.4) is 0 Å². The summed E-state index contributed by atoms with van der Waals surface area (Å²) < 4.78 is 6.49. The SMILES string of the molecule is COc1ccc(Br)cc1CNC(CN(C)C)C(C)C. The van der Waals surface area contributed by atoms with Gasteiger partial charge in [-0.05, 0) is 38.2 Å². The zero-order valence-electron chi connectivity index (χ0n) is 12.5. The summed E-state index contributed by atoms with van der Waals surface area (Å²) in [6.45, 7) is 6.35. The Kier molecular flexibility index (Phi) is 6.83. The Hall–Kier alpha value is -0.580. The maximum absolute atomic E-state index is 5.40. The van der Waals surface area contributed by atoms with E-state index in [2.05, 4.69) is 60.2 Å². The van der Waals surface area contributed by atoms with Crippen LogP contribution in [0.1, 0.15) is 19.4 Å². The van der Waals surface area contributed by atoms with Gasteiger partial charge in [0.05, 0.1) is 7.11 Å². The molecule has 1 rings (SSSR count). The van der Waals surface area contributed by atoms with Crippen LogP contribution in [0.15, 0.2) is 22.7 Å². The first kappa shape index (κ1) is 16.5. The molecule has 0 saturated carbocycles. The molecule has 0 bridgehead atoms. The average Bonchev–Trinajstić information content (AvgIpc) is 2.34. The molecule has 1 aromatic rings. The van der Waals surface area contributed by atoms with Crippen molar-refractivity contribution in [2.45, 2.75) is 26.4 Å². The molecule has 108 valence electrons. The van der Waals surface area contributed by atoms with Gasteiger partial charge in [-0.1, -0.05) is 29.8 Å². The number of hydrogen-bond donors (Lipinski definition) is 1. The number of ether oxygens (including phenoxy) is 1. The smallest absolute Gasteiger partial charge is 0.123 e. The van der Waals surface area contributed by atoms with Gasteiger partial charge in [0.1, 0.15) is 5.75 Å². The molecule has 0 fully saturated rings. The van der Waals surface area contributed by atoms with Gasteiger partial charge in [0.15, 0.2) is 0 Å². The van der Waals surface area contributed by atoms with E-state index in [0.29, 0.717) is 12.0 Å². The fraction of sp³-hybridized carbons (Fsp3) is 0.600. The van der Waals surface area contributed by atoms with Crippen molar-refractivity contribution in [2.75, 3.05) is 27.7 Å². The molecule has 0 aromatic heterocycles. The molecule has 3 nitrogen and oxygen atoms in total. The van der Waals surface area contributed by atoms with E-state index in [9.17, 15) is 0 Å². The third-order valence-electron chi connectivity index (χ3n) is 3.16. The largest absolute Gasteiger partial charge is 0.496 e. The van der Waals surface area contributed by atoms with Gasteiger partial charge in [-0.2, -0.15) is 0 Å². The highest BCUT2D eigenvalue weighted by Crippen LogP contribution is 2.23. The summed E-state index contributed by atoms with van der Waals surface area (Å²) in [7, 11) is 5.93. The first-order valence-corrected chi connectivity index (χ1v) is 7.44. The summed E-state index contributed by atoms with van der Waals surface area (Å²) in [5.74, 6) is 1.53. The number of likely N-dealkylation sites (N-methyl/N-ethyl adjacent to an activating group) is 1. The van der Waals surface area contributed by atoms with Crippen LogP contribution in [0.4, 0.5) is 0 Å². The van der Waals surface area contributed by atoms with Gasteiger partial charge in [-0.3, -0.25) is 0 Å². The van der Waals surface area contributed by atoms with Gasteiger partial charge in [0, 0.05) is 29.2 Å². The van der Waals surface area contributed by atoms with E-state index in [1.54, 1.807) is 7.11 Å². The number of halogens is 1. The summed E-state index contributed by atoms with van der Waals surface area (Å²) in [5, 5.41) is 3.63. The maximum Gasteiger partial charge on any atom is 0.123 e. The lowest BCUT2D eigenvalue weighted by Crippen LogP contribution is -2.41. The standard InChI is InChI=1S/C15H25BrN2O/c1-11(2)14(10-18(3)4)17-9-12-8-13(16)6-7-15(12)19-5/h6-8,11,14,17H,9-10H2,1-5H3. The Morgan fingerprint density at radius 3 is 2.53 bits per heavy atom. The van der Waals surface area contributed by atoms with E-state index in [0.717, 1.165) is 23.3 Å². The molecule has 0 heterocycles. The Balaban J connectivity index is 2.70. The Labute approximate surface area is 125 Å². The minimum Gasteiger partial charge on any atom is -0.496 e. The zero-order valence-corrected chi connectivity index (χ0v) is 14.1. The topological polar surface area (TPSA) is 24.5 Å². The van der Waals surface area contributed by atoms with Crippen LogP contribution < -0.4 is 10.1 Å². The molecular weight excluding hydrogens is 304 g/mol. The normalized spacial score (nSPS) is 13.1. The second-order valence-corrected chi connectivity index (χ2v) is 6.37. The maximum atomic E-state index is 5.40. The van der Waals surface area contributed by atoms with Crippen LogP contribution in [0, 0.1) is 5.92 Å². The van der Waals surface area contributed by atoms with Crippen molar-refractivity contribution in [2.24, 2.45) is 5.92 Å². The Morgan fingerprint density at radius 2 is 2.00 bits per heavy atom. The van der Waals surface area contributed by atoms with E-state index >= 15 is 0 Å². The third kappa shape index (κ3) is 5.51. The lowest BCUT2D eigenvalue weighted by molar-refractivity contribution is 0.287. The van der Waals surface area contributed by atoms with E-state index in [4.69, 9.17) is 4.74 Å². The van der Waals surface area contributed by atoms with Gasteiger partial charge in [0.2, 0.25) is 0 Å². The summed E-state index contributed by atoms with van der Waals surface area (Å²) >= 11 is 3.51. The molecule has 4 heteroatoms. The van der Waals surface area contributed by atoms with Gasteiger partial charge < -0.3 is 15.0 Å². The van der Waals surface area contributed by atoms with Gasteiger partial charge in [0.25, 0.3) is 0 Å². The average molecular weight is 329 g/mol. The lowest BCUT2D eigenvalue weighted by atomic mass is 10.0. The van der Waals surface area contributed by atoms with Crippen LogP contribution in [-0.2, 0) is 6.54 Å². The highest BCUT2D eigenvalue weighted by Gasteiger charge is 2.14. The third-order valence-corrected chi connectivity index (χ3v) is 3.66. The molecule has 1 atom stereocenters. The molecule has 0 amide bonds. The number of nitrogens with one attached hydrogen (secondary N) is 1. The van der Waals surface area contributed by atoms with Crippen molar-refractivity contribution in [1.82, 2.24) is 10.2 Å². The van der Waals surface area contributed by atoms with Crippen LogP contribution in [0.5, 0.6) is 5.75 Å². The van der Waals surface area contributed by atoms with Crippen molar-refractivity contribution < 1.29 is 4.74 Å². The van der Waals surface area contributed by atoms with Crippen molar-refractivity contribution in [3.8, 4) is 5.75 Å². The summed E-state index contributed by atoms with van der Waals surface area (Å²) in [6, 6.07) is 6.58. The molecule has 0 aliphatic carbocycles. The van der Waals surface area contributed by atoms with Gasteiger partial charge >= 0.3 is 0 Å². The van der Waals surface area contributed by atoms with Gasteiger partial charge in [-0.25, -0.2) is 0 Å². The second-order valence-electron chi connectivity index (χ2n) is 5.45. The number of methoxy groups -OCH3 is 1. The number of hydrogen-bond acceptors (Lipinski definition) is 3. The first-order valence-electron chi connectivity index (χ1n) is 6.64. The molecular formula is C15H25BrN2O. The van der Waals surface area contributed by atoms with E-state index in [1.165, 1.54) is 5.56 Å². The summed E-state index contributed by atoms with van der Waals surface area (Å²) in [4.78, 5) is 2.22. The molecule has 0 aliphatic heterocycles.